The summed E-state index contributed by atoms with van der Waals surface area (Å²) < 4.78 is 1.89. The Morgan fingerprint density at radius 1 is 1.15 bits per heavy atom. The van der Waals surface area contributed by atoms with Gasteiger partial charge in [-0.05, 0) is 49.4 Å². The first kappa shape index (κ1) is 17.3. The van der Waals surface area contributed by atoms with Gasteiger partial charge in [0.15, 0.2) is 0 Å². The minimum Gasteiger partial charge on any atom is -0.339 e. The highest BCUT2D eigenvalue weighted by molar-refractivity contribution is 5.94. The fraction of sp³-hybridized carbons (Fsp3) is 0.524. The van der Waals surface area contributed by atoms with Gasteiger partial charge in [0, 0.05) is 50.2 Å². The molecule has 1 amide bonds. The average Bonchev–Trinajstić information content (AvgIpc) is 3.13. The predicted molar refractivity (Wildman–Crippen MR) is 102 cm³/mol. The van der Waals surface area contributed by atoms with Crippen molar-refractivity contribution in [2.75, 3.05) is 20.1 Å². The summed E-state index contributed by atoms with van der Waals surface area (Å²) in [5, 5.41) is 4.22. The number of nitrogens with zero attached hydrogens (tertiary/aromatic N) is 4. The molecule has 4 rings (SSSR count). The standard InChI is InChI=1S/C21H28N4O/c1-23(19-10-14-24(15-11-19)20-4-2-5-20)21(26)18-8-6-17(7-9-18)16-25-13-3-12-22-25/h3,6-9,12-13,19-20H,2,4-5,10-11,14-16H2,1H3. The van der Waals surface area contributed by atoms with E-state index in [0.717, 1.165) is 49.6 Å². The monoisotopic (exact) mass is 352 g/mol. The SMILES string of the molecule is CN(C(=O)c1ccc(Cn2cccn2)cc1)C1CCN(C2CCC2)CC1. The van der Waals surface area contributed by atoms with E-state index in [9.17, 15) is 4.79 Å². The lowest BCUT2D eigenvalue weighted by Crippen LogP contribution is -2.50. The molecule has 1 aliphatic heterocycles. The molecule has 0 bridgehead atoms. The van der Waals surface area contributed by atoms with E-state index in [0.29, 0.717) is 6.04 Å². The lowest BCUT2D eigenvalue weighted by atomic mass is 9.89. The molecule has 2 fully saturated rings. The molecule has 2 aromatic rings. The molecule has 5 heteroatoms. The summed E-state index contributed by atoms with van der Waals surface area (Å²) in [6.45, 7) is 3.00. The van der Waals surface area contributed by atoms with E-state index < -0.39 is 0 Å². The van der Waals surface area contributed by atoms with Crippen LogP contribution in [0.1, 0.15) is 48.0 Å². The van der Waals surface area contributed by atoms with E-state index in [-0.39, 0.29) is 5.91 Å². The summed E-state index contributed by atoms with van der Waals surface area (Å²) in [4.78, 5) is 17.4. The molecule has 5 nitrogen and oxygen atoms in total. The number of carbonyl (C=O) groups excluding carboxylic acids is 1. The number of piperidine rings is 1. The molecule has 0 atom stereocenters. The summed E-state index contributed by atoms with van der Waals surface area (Å²) in [6, 6.07) is 11.1. The van der Waals surface area contributed by atoms with Crippen LogP contribution in [0.2, 0.25) is 0 Å². The van der Waals surface area contributed by atoms with Crippen LogP contribution in [-0.2, 0) is 6.54 Å². The second kappa shape index (κ2) is 7.62. The molecule has 1 saturated heterocycles. The molecule has 2 aliphatic rings. The maximum Gasteiger partial charge on any atom is 0.253 e. The zero-order valence-corrected chi connectivity index (χ0v) is 15.6. The van der Waals surface area contributed by atoms with Crippen LogP contribution in [0.5, 0.6) is 0 Å². The van der Waals surface area contributed by atoms with Crippen LogP contribution < -0.4 is 0 Å². The number of likely N-dealkylation sites (tertiary alicyclic amines) is 1. The number of amides is 1. The van der Waals surface area contributed by atoms with Gasteiger partial charge in [-0.15, -0.1) is 0 Å². The normalized spacial score (nSPS) is 19.3. The van der Waals surface area contributed by atoms with Gasteiger partial charge in [-0.1, -0.05) is 18.6 Å². The van der Waals surface area contributed by atoms with Crippen molar-refractivity contribution in [3.63, 3.8) is 0 Å². The van der Waals surface area contributed by atoms with Gasteiger partial charge in [0.05, 0.1) is 6.54 Å². The topological polar surface area (TPSA) is 41.4 Å². The Morgan fingerprint density at radius 3 is 2.46 bits per heavy atom. The average molecular weight is 352 g/mol. The molecule has 2 heterocycles. The summed E-state index contributed by atoms with van der Waals surface area (Å²) in [7, 11) is 1.96. The van der Waals surface area contributed by atoms with Crippen molar-refractivity contribution in [2.24, 2.45) is 0 Å². The van der Waals surface area contributed by atoms with Crippen LogP contribution in [0.25, 0.3) is 0 Å². The summed E-state index contributed by atoms with van der Waals surface area (Å²) >= 11 is 0. The van der Waals surface area contributed by atoms with Crippen molar-refractivity contribution in [3.8, 4) is 0 Å². The molecule has 138 valence electrons. The van der Waals surface area contributed by atoms with Gasteiger partial charge >= 0.3 is 0 Å². The first-order chi connectivity index (χ1) is 12.7. The van der Waals surface area contributed by atoms with E-state index in [1.54, 1.807) is 6.20 Å². The largest absolute Gasteiger partial charge is 0.339 e. The third-order valence-electron chi connectivity index (χ3n) is 6.06. The Labute approximate surface area is 155 Å². The molecule has 1 aromatic heterocycles. The minimum atomic E-state index is 0.137. The number of hydrogen-bond donors (Lipinski definition) is 0. The van der Waals surface area contributed by atoms with Crippen molar-refractivity contribution >= 4 is 5.91 Å². The first-order valence-corrected chi connectivity index (χ1v) is 9.78. The number of aromatic nitrogens is 2. The van der Waals surface area contributed by atoms with E-state index in [2.05, 4.69) is 10.00 Å². The molecule has 0 N–H and O–H groups in total. The minimum absolute atomic E-state index is 0.137. The Balaban J connectivity index is 1.33. The van der Waals surface area contributed by atoms with Crippen molar-refractivity contribution < 1.29 is 4.79 Å². The van der Waals surface area contributed by atoms with Crippen LogP contribution in [0.15, 0.2) is 42.7 Å². The number of hydrogen-bond acceptors (Lipinski definition) is 3. The lowest BCUT2D eigenvalue weighted by molar-refractivity contribution is 0.0499. The summed E-state index contributed by atoms with van der Waals surface area (Å²) in [5.41, 5.74) is 1.93. The number of rotatable bonds is 5. The van der Waals surface area contributed by atoms with Gasteiger partial charge in [0.2, 0.25) is 0 Å². The van der Waals surface area contributed by atoms with Crippen LogP contribution >= 0.6 is 0 Å². The number of carbonyl (C=O) groups is 1. The number of benzene rings is 1. The third kappa shape index (κ3) is 3.68. The molecule has 0 spiro atoms. The van der Waals surface area contributed by atoms with Crippen LogP contribution in [0.4, 0.5) is 0 Å². The molecular formula is C21H28N4O. The highest BCUT2D eigenvalue weighted by Gasteiger charge is 2.31. The van der Waals surface area contributed by atoms with E-state index in [4.69, 9.17) is 0 Å². The highest BCUT2D eigenvalue weighted by atomic mass is 16.2. The maximum atomic E-state index is 12.8. The Kier molecular flexibility index (Phi) is 5.07. The van der Waals surface area contributed by atoms with Crippen molar-refractivity contribution in [2.45, 2.75) is 50.7 Å². The molecule has 0 unspecified atom stereocenters. The van der Waals surface area contributed by atoms with Gasteiger partial charge < -0.3 is 9.80 Å². The molecule has 26 heavy (non-hydrogen) atoms. The Hall–Kier alpha value is -2.14. The predicted octanol–water partition coefficient (Wildman–Crippen LogP) is 3.02. The fourth-order valence-electron chi connectivity index (χ4n) is 4.09. The van der Waals surface area contributed by atoms with Crippen LogP contribution in [0, 0.1) is 0 Å². The van der Waals surface area contributed by atoms with Gasteiger partial charge in [-0.2, -0.15) is 5.10 Å². The van der Waals surface area contributed by atoms with Crippen LogP contribution in [0.3, 0.4) is 0 Å². The van der Waals surface area contributed by atoms with Gasteiger partial charge in [-0.3, -0.25) is 9.48 Å². The van der Waals surface area contributed by atoms with Gasteiger partial charge in [0.25, 0.3) is 5.91 Å². The second-order valence-electron chi connectivity index (χ2n) is 7.67. The zero-order valence-electron chi connectivity index (χ0n) is 15.6. The van der Waals surface area contributed by atoms with Crippen LogP contribution in [-0.4, -0.2) is 57.7 Å². The van der Waals surface area contributed by atoms with Crippen molar-refractivity contribution in [1.82, 2.24) is 19.6 Å². The van der Waals surface area contributed by atoms with Crippen molar-refractivity contribution in [3.05, 3.63) is 53.9 Å². The highest BCUT2D eigenvalue weighted by Crippen LogP contribution is 2.28. The Bertz CT molecular complexity index is 713. The van der Waals surface area contributed by atoms with E-state index >= 15 is 0 Å². The van der Waals surface area contributed by atoms with Crippen molar-refractivity contribution in [1.29, 1.82) is 0 Å². The molecule has 0 radical (unpaired) electrons. The zero-order chi connectivity index (χ0) is 17.9. The Morgan fingerprint density at radius 2 is 1.88 bits per heavy atom. The molecule has 1 aliphatic carbocycles. The van der Waals surface area contributed by atoms with E-state index in [1.807, 2.05) is 53.2 Å². The third-order valence-corrected chi connectivity index (χ3v) is 6.06. The van der Waals surface area contributed by atoms with Gasteiger partial charge in [0.1, 0.15) is 0 Å². The smallest absolute Gasteiger partial charge is 0.253 e. The fourth-order valence-corrected chi connectivity index (χ4v) is 4.09. The first-order valence-electron chi connectivity index (χ1n) is 9.78. The summed E-state index contributed by atoms with van der Waals surface area (Å²) in [5.74, 6) is 0.137. The lowest BCUT2D eigenvalue weighted by Gasteiger charge is -2.43. The summed E-state index contributed by atoms with van der Waals surface area (Å²) in [6.07, 6.45) is 10.0. The second-order valence-corrected chi connectivity index (χ2v) is 7.67. The van der Waals surface area contributed by atoms with Gasteiger partial charge in [-0.25, -0.2) is 0 Å². The molecule has 1 aromatic carbocycles. The van der Waals surface area contributed by atoms with E-state index in [1.165, 1.54) is 19.3 Å². The molecule has 1 saturated carbocycles. The molecular weight excluding hydrogens is 324 g/mol. The maximum absolute atomic E-state index is 12.8. The quantitative estimate of drug-likeness (QED) is 0.831.